The monoisotopic (exact) mass is 1250 g/mol. The lowest BCUT2D eigenvalue weighted by atomic mass is 9.48. The Kier molecular flexibility index (Phi) is 22.6. The molecule has 0 atom stereocenters. The van der Waals surface area contributed by atoms with E-state index in [-0.39, 0.29) is 28.1 Å². The predicted octanol–water partition coefficient (Wildman–Crippen LogP) is 21.4. The lowest BCUT2D eigenvalue weighted by Gasteiger charge is -2.57. The molecule has 6 saturated carbocycles. The molecule has 3 N–H and O–H groups in total. The van der Waals surface area contributed by atoms with Gasteiger partial charge in [-0.05, 0) is 286 Å². The average molecular weight is 1250 g/mol. The van der Waals surface area contributed by atoms with Gasteiger partial charge in [0.25, 0.3) is 0 Å². The Bertz CT molecular complexity index is 3660. The summed E-state index contributed by atoms with van der Waals surface area (Å²) in [5, 5.41) is 26.7. The van der Waals surface area contributed by atoms with Crippen LogP contribution in [0.15, 0.2) is 194 Å². The van der Waals surface area contributed by atoms with E-state index in [0.29, 0.717) is 52.4 Å². The van der Waals surface area contributed by atoms with Gasteiger partial charge in [0.05, 0.1) is 28.9 Å². The van der Waals surface area contributed by atoms with Gasteiger partial charge in [-0.1, -0.05) is 108 Å². The first-order chi connectivity index (χ1) is 45.0. The van der Waals surface area contributed by atoms with Gasteiger partial charge in [-0.3, -0.25) is 0 Å². The number of rotatable bonds is 18. The van der Waals surface area contributed by atoms with Crippen molar-refractivity contribution in [3.63, 3.8) is 0 Å². The summed E-state index contributed by atoms with van der Waals surface area (Å²) >= 11 is 0. The maximum absolute atomic E-state index is 11.6. The van der Waals surface area contributed by atoms with E-state index in [1.807, 2.05) is 36.4 Å². The number of benzene rings is 8. The Morgan fingerprint density at radius 3 is 0.957 bits per heavy atom. The molecule has 0 aliphatic heterocycles. The molecule has 484 valence electrons. The lowest BCUT2D eigenvalue weighted by molar-refractivity contribution is -0.00520. The first-order valence-electron chi connectivity index (χ1n) is 33.4. The van der Waals surface area contributed by atoms with Crippen molar-refractivity contribution in [3.05, 3.63) is 239 Å². The molecule has 0 heterocycles. The second-order valence-electron chi connectivity index (χ2n) is 26.4. The van der Waals surface area contributed by atoms with Crippen molar-refractivity contribution in [2.45, 2.75) is 160 Å². The van der Waals surface area contributed by atoms with Crippen LogP contribution < -0.4 is 18.9 Å². The summed E-state index contributed by atoms with van der Waals surface area (Å²) in [6.07, 6.45) is 22.9. The van der Waals surface area contributed by atoms with Crippen molar-refractivity contribution in [2.24, 2.45) is 17.8 Å². The van der Waals surface area contributed by atoms with Crippen molar-refractivity contribution in [2.75, 3.05) is 6.61 Å². The fourth-order valence-corrected chi connectivity index (χ4v) is 14.4. The number of carbonyl (C=O) groups excluding carboxylic acids is 1. The summed E-state index contributed by atoms with van der Waals surface area (Å²) in [6, 6.07) is 59.8. The number of esters is 1. The van der Waals surface area contributed by atoms with E-state index in [4.69, 9.17) is 39.0 Å². The molecule has 0 saturated heterocycles. The summed E-state index contributed by atoms with van der Waals surface area (Å²) in [7, 11) is 0. The van der Waals surface area contributed by atoms with Gasteiger partial charge in [0, 0.05) is 0 Å². The molecule has 12 nitrogen and oxygen atoms in total. The van der Waals surface area contributed by atoms with Crippen molar-refractivity contribution in [1.29, 1.82) is 0 Å². The maximum Gasteiger partial charge on any atom is 0.338 e. The zero-order valence-electron chi connectivity index (χ0n) is 54.1. The number of carboxylic acid groups (broad SMARTS) is 3. The van der Waals surface area contributed by atoms with Gasteiger partial charge in [-0.2, -0.15) is 0 Å². The third-order valence-electron chi connectivity index (χ3n) is 19.6. The topological polar surface area (TPSA) is 175 Å². The SMILES string of the molecule is CCC(C)(C)c1ccc(Oc2ccc(C(=O)O)cc2)cc1.CCOC(=O)c1ccc(Oc2ccc(C3CCCCC3)cc2)cc1.O=C(O)c1ccc(Oc2ccc(C34CC5CC(CC(C5)C3)C4)cc2)cc1.O=C(O)c1ccc(Oc2ccc(C3CCCCC3)cc2)cc1. The van der Waals surface area contributed by atoms with Crippen LogP contribution in [0.2, 0.25) is 0 Å². The van der Waals surface area contributed by atoms with Crippen molar-refractivity contribution < 1.29 is 58.2 Å². The Hall–Kier alpha value is -9.16. The van der Waals surface area contributed by atoms with Gasteiger partial charge >= 0.3 is 23.9 Å². The summed E-state index contributed by atoms with van der Waals surface area (Å²) in [4.78, 5) is 44.2. The molecule has 0 aromatic heterocycles. The Labute approximate surface area is 547 Å². The number of carboxylic acids is 3. The van der Waals surface area contributed by atoms with Gasteiger partial charge in [-0.25, -0.2) is 19.2 Å². The third-order valence-corrected chi connectivity index (χ3v) is 19.6. The van der Waals surface area contributed by atoms with E-state index in [1.165, 1.54) is 137 Å². The molecular weight excluding hydrogens is 1160 g/mol. The van der Waals surface area contributed by atoms with Crippen molar-refractivity contribution in [1.82, 2.24) is 0 Å². The molecule has 14 rings (SSSR count). The highest BCUT2D eigenvalue weighted by atomic mass is 16.5. The average Bonchev–Trinajstić information content (AvgIpc) is 0.741. The minimum absolute atomic E-state index is 0.154. The molecule has 6 fully saturated rings. The van der Waals surface area contributed by atoms with Gasteiger partial charge in [0.1, 0.15) is 46.0 Å². The minimum Gasteiger partial charge on any atom is -0.478 e. The number of hydrogen-bond acceptors (Lipinski definition) is 9. The Morgan fingerprint density at radius 1 is 0.387 bits per heavy atom. The largest absolute Gasteiger partial charge is 0.478 e. The van der Waals surface area contributed by atoms with E-state index in [2.05, 4.69) is 81.4 Å². The smallest absolute Gasteiger partial charge is 0.338 e. The maximum atomic E-state index is 11.6. The first kappa shape index (κ1) is 66.8. The molecule has 0 unspecified atom stereocenters. The van der Waals surface area contributed by atoms with Crippen LogP contribution in [0.1, 0.15) is 212 Å². The lowest BCUT2D eigenvalue weighted by Crippen LogP contribution is -2.48. The minimum atomic E-state index is -0.937. The summed E-state index contributed by atoms with van der Waals surface area (Å²) in [5.41, 5.74) is 7.48. The molecule has 0 spiro atoms. The fourth-order valence-electron chi connectivity index (χ4n) is 14.4. The summed E-state index contributed by atoms with van der Waals surface area (Å²) in [6.45, 7) is 8.78. The van der Waals surface area contributed by atoms with Crippen molar-refractivity contribution in [3.8, 4) is 46.0 Å². The first-order valence-corrected chi connectivity index (χ1v) is 33.4. The third kappa shape index (κ3) is 18.3. The van der Waals surface area contributed by atoms with E-state index in [0.717, 1.165) is 47.2 Å². The van der Waals surface area contributed by atoms with Crippen LogP contribution in [0, 0.1) is 17.8 Å². The number of ether oxygens (including phenoxy) is 5. The summed E-state index contributed by atoms with van der Waals surface area (Å²) < 4.78 is 28.2. The number of carbonyl (C=O) groups is 4. The van der Waals surface area contributed by atoms with Crippen LogP contribution in [-0.4, -0.2) is 45.8 Å². The van der Waals surface area contributed by atoms with E-state index in [1.54, 1.807) is 91.9 Å². The predicted molar refractivity (Wildman–Crippen MR) is 363 cm³/mol. The van der Waals surface area contributed by atoms with Crippen LogP contribution in [-0.2, 0) is 15.6 Å². The van der Waals surface area contributed by atoms with Crippen LogP contribution in [0.3, 0.4) is 0 Å². The van der Waals surface area contributed by atoms with E-state index >= 15 is 0 Å². The van der Waals surface area contributed by atoms with Gasteiger partial charge < -0.3 is 39.0 Å². The number of hydrogen-bond donors (Lipinski definition) is 3. The Balaban J connectivity index is 0.000000136. The van der Waals surface area contributed by atoms with E-state index in [9.17, 15) is 19.2 Å². The zero-order valence-corrected chi connectivity index (χ0v) is 54.1. The molecule has 4 bridgehead atoms. The second-order valence-corrected chi connectivity index (χ2v) is 26.4. The van der Waals surface area contributed by atoms with Gasteiger partial charge in [0.15, 0.2) is 0 Å². The molecule has 8 aromatic carbocycles. The molecule has 0 radical (unpaired) electrons. The standard InChI is InChI=1S/C23H24O3.C21H24O3.C19H20O3.C18H20O3/c24-22(25)18-1-5-20(6-2-18)26-21-7-3-19(4-8-21)23-12-15-9-16(13-23)11-17(10-15)14-23;1-2-23-21(22)18-10-14-20(15-11-18)24-19-12-8-17(9-13-19)16-6-4-3-5-7-16;20-19(21)16-8-12-18(13-9-16)22-17-10-6-15(7-11-17)14-4-2-1-3-5-14;1-4-18(2,3)14-7-11-16(12-8-14)21-15-9-5-13(6-10-15)17(19)20/h1-8,15-17H,9-14H2,(H,24,25);8-16H,2-7H2,1H3;6-14H,1-5H2,(H,20,21);5-12H,4H2,1-3H3,(H,19,20). The molecule has 6 aliphatic rings. The van der Waals surface area contributed by atoms with Crippen molar-refractivity contribution >= 4 is 23.9 Å². The molecule has 93 heavy (non-hydrogen) atoms. The normalized spacial score (nSPS) is 18.9. The highest BCUT2D eigenvalue weighted by molar-refractivity contribution is 5.90. The van der Waals surface area contributed by atoms with Crippen LogP contribution >= 0.6 is 0 Å². The second kappa shape index (κ2) is 31.4. The van der Waals surface area contributed by atoms with E-state index < -0.39 is 17.9 Å². The molecule has 0 amide bonds. The quantitative estimate of drug-likeness (QED) is 0.0695. The molecular formula is C81H88O12. The number of aromatic carboxylic acids is 3. The van der Waals surface area contributed by atoms with Gasteiger partial charge in [0.2, 0.25) is 0 Å². The zero-order chi connectivity index (χ0) is 65.3. The highest BCUT2D eigenvalue weighted by Crippen LogP contribution is 2.61. The fraction of sp³-hybridized carbons (Fsp3) is 0.358. The molecule has 12 heteroatoms. The highest BCUT2D eigenvalue weighted by Gasteiger charge is 2.51. The molecule has 6 aliphatic carbocycles. The van der Waals surface area contributed by atoms with Gasteiger partial charge in [-0.15, -0.1) is 0 Å². The Morgan fingerprint density at radius 2 is 0.667 bits per heavy atom. The van der Waals surface area contributed by atoms with Crippen LogP contribution in [0.5, 0.6) is 46.0 Å². The van der Waals surface area contributed by atoms with Crippen LogP contribution in [0.4, 0.5) is 0 Å². The summed E-state index contributed by atoms with van der Waals surface area (Å²) in [5.74, 6) is 6.96. The molecule has 8 aromatic rings. The van der Waals surface area contributed by atoms with Crippen LogP contribution in [0.25, 0.3) is 0 Å².